The minimum absolute atomic E-state index is 0.811. The highest BCUT2D eigenvalue weighted by Gasteiger charge is 2.22. The van der Waals surface area contributed by atoms with E-state index in [-0.39, 0.29) is 0 Å². The standard InChI is InChI=1S/C9H11N3S2/c1-12-3-2-6-7(4-10)9(14-11)13-8(6)5-12/h2-3,5,11H2,1H3. The Labute approximate surface area is 91.6 Å². The molecule has 74 valence electrons. The molecule has 14 heavy (non-hydrogen) atoms. The van der Waals surface area contributed by atoms with Gasteiger partial charge in [0.1, 0.15) is 6.07 Å². The highest BCUT2D eigenvalue weighted by atomic mass is 32.2. The van der Waals surface area contributed by atoms with Crippen molar-refractivity contribution >= 4 is 23.3 Å². The van der Waals surface area contributed by atoms with Crippen molar-refractivity contribution in [1.82, 2.24) is 4.90 Å². The van der Waals surface area contributed by atoms with Crippen LogP contribution in [-0.4, -0.2) is 18.5 Å². The summed E-state index contributed by atoms with van der Waals surface area (Å²) in [6.45, 7) is 1.99. The van der Waals surface area contributed by atoms with E-state index >= 15 is 0 Å². The lowest BCUT2D eigenvalue weighted by Crippen LogP contribution is -2.25. The van der Waals surface area contributed by atoms with Crippen molar-refractivity contribution in [2.75, 3.05) is 13.6 Å². The minimum atomic E-state index is 0.811. The summed E-state index contributed by atoms with van der Waals surface area (Å²) in [6.07, 6.45) is 0.978. The molecule has 0 atom stereocenters. The van der Waals surface area contributed by atoms with Gasteiger partial charge in [-0.2, -0.15) is 5.26 Å². The maximum atomic E-state index is 9.03. The first-order chi connectivity index (χ1) is 6.76. The van der Waals surface area contributed by atoms with Crippen LogP contribution in [0.4, 0.5) is 0 Å². The van der Waals surface area contributed by atoms with E-state index in [4.69, 9.17) is 10.4 Å². The molecule has 1 aliphatic rings. The van der Waals surface area contributed by atoms with Crippen LogP contribution in [0.3, 0.4) is 0 Å². The van der Waals surface area contributed by atoms with E-state index in [1.807, 2.05) is 0 Å². The number of rotatable bonds is 1. The van der Waals surface area contributed by atoms with Crippen LogP contribution < -0.4 is 5.14 Å². The predicted octanol–water partition coefficient (Wildman–Crippen LogP) is 1.57. The molecular weight excluding hydrogens is 214 g/mol. The molecule has 0 spiro atoms. The Bertz CT molecular complexity index is 391. The van der Waals surface area contributed by atoms with Crippen LogP contribution >= 0.6 is 23.3 Å². The van der Waals surface area contributed by atoms with E-state index in [2.05, 4.69) is 18.0 Å². The summed E-state index contributed by atoms with van der Waals surface area (Å²) >= 11 is 2.86. The van der Waals surface area contributed by atoms with Crippen molar-refractivity contribution in [2.45, 2.75) is 17.2 Å². The highest BCUT2D eigenvalue weighted by Crippen LogP contribution is 2.36. The summed E-state index contributed by atoms with van der Waals surface area (Å²) in [7, 11) is 2.10. The van der Waals surface area contributed by atoms with Gasteiger partial charge in [-0.1, -0.05) is 0 Å². The lowest BCUT2D eigenvalue weighted by atomic mass is 10.0. The molecular formula is C9H11N3S2. The van der Waals surface area contributed by atoms with E-state index in [0.717, 1.165) is 29.3 Å². The minimum Gasteiger partial charge on any atom is -0.301 e. The van der Waals surface area contributed by atoms with Crippen molar-refractivity contribution < 1.29 is 0 Å². The fourth-order valence-electron chi connectivity index (χ4n) is 1.70. The second-order valence-electron chi connectivity index (χ2n) is 3.38. The van der Waals surface area contributed by atoms with Crippen molar-refractivity contribution in [2.24, 2.45) is 5.14 Å². The van der Waals surface area contributed by atoms with Crippen LogP contribution in [0, 0.1) is 11.3 Å². The van der Waals surface area contributed by atoms with Gasteiger partial charge in [-0.3, -0.25) is 5.14 Å². The van der Waals surface area contributed by atoms with Gasteiger partial charge < -0.3 is 4.90 Å². The van der Waals surface area contributed by atoms with Gasteiger partial charge in [0, 0.05) is 18.0 Å². The lowest BCUT2D eigenvalue weighted by molar-refractivity contribution is 0.317. The topological polar surface area (TPSA) is 53.0 Å². The van der Waals surface area contributed by atoms with Gasteiger partial charge in [0.25, 0.3) is 0 Å². The van der Waals surface area contributed by atoms with E-state index in [1.54, 1.807) is 11.3 Å². The summed E-state index contributed by atoms with van der Waals surface area (Å²) in [5, 5.41) is 14.6. The summed E-state index contributed by atoms with van der Waals surface area (Å²) in [4.78, 5) is 3.58. The smallest absolute Gasteiger partial charge is 0.102 e. The first-order valence-electron chi connectivity index (χ1n) is 4.36. The van der Waals surface area contributed by atoms with Gasteiger partial charge in [0.05, 0.1) is 9.77 Å². The molecule has 2 rings (SSSR count). The molecule has 0 aromatic carbocycles. The molecule has 0 fully saturated rings. The molecule has 0 saturated carbocycles. The van der Waals surface area contributed by atoms with Crippen molar-refractivity contribution in [3.63, 3.8) is 0 Å². The molecule has 2 heterocycles. The zero-order valence-corrected chi connectivity index (χ0v) is 9.54. The van der Waals surface area contributed by atoms with Gasteiger partial charge in [-0.15, -0.1) is 11.3 Å². The third kappa shape index (κ3) is 1.55. The Morgan fingerprint density at radius 2 is 2.43 bits per heavy atom. The number of fused-ring (bicyclic) bond motifs is 1. The molecule has 0 amide bonds. The monoisotopic (exact) mass is 225 g/mol. The Morgan fingerprint density at radius 1 is 1.64 bits per heavy atom. The number of nitriles is 1. The predicted molar refractivity (Wildman–Crippen MR) is 59.1 cm³/mol. The quantitative estimate of drug-likeness (QED) is 0.737. The largest absolute Gasteiger partial charge is 0.301 e. The third-order valence-electron chi connectivity index (χ3n) is 2.43. The van der Waals surface area contributed by atoms with Crippen LogP contribution in [0.25, 0.3) is 0 Å². The molecule has 1 aromatic heterocycles. The Kier molecular flexibility index (Phi) is 2.79. The number of hydrogen-bond acceptors (Lipinski definition) is 5. The molecule has 1 aromatic rings. The number of hydrogen-bond donors (Lipinski definition) is 1. The zero-order chi connectivity index (χ0) is 10.1. The first kappa shape index (κ1) is 9.99. The molecule has 0 unspecified atom stereocenters. The highest BCUT2D eigenvalue weighted by molar-refractivity contribution is 7.99. The van der Waals surface area contributed by atoms with Crippen LogP contribution in [0.5, 0.6) is 0 Å². The van der Waals surface area contributed by atoms with Crippen LogP contribution in [-0.2, 0) is 13.0 Å². The number of thiophene rings is 1. The average Bonchev–Trinajstić information content (AvgIpc) is 2.54. The van der Waals surface area contributed by atoms with E-state index in [0.29, 0.717) is 0 Å². The summed E-state index contributed by atoms with van der Waals surface area (Å²) in [6, 6.07) is 2.26. The summed E-state index contributed by atoms with van der Waals surface area (Å²) in [5.41, 5.74) is 2.04. The van der Waals surface area contributed by atoms with Crippen LogP contribution in [0.2, 0.25) is 0 Å². The zero-order valence-electron chi connectivity index (χ0n) is 7.91. The Morgan fingerprint density at radius 3 is 3.07 bits per heavy atom. The van der Waals surface area contributed by atoms with Crippen molar-refractivity contribution in [3.05, 3.63) is 16.0 Å². The summed E-state index contributed by atoms with van der Waals surface area (Å²) < 4.78 is 0.966. The number of likely N-dealkylation sites (N-methyl/N-ethyl adjacent to an activating group) is 1. The molecule has 0 radical (unpaired) electrons. The van der Waals surface area contributed by atoms with Gasteiger partial charge in [0.15, 0.2) is 0 Å². The van der Waals surface area contributed by atoms with Gasteiger partial charge in [0.2, 0.25) is 0 Å². The van der Waals surface area contributed by atoms with Crippen molar-refractivity contribution in [3.8, 4) is 6.07 Å². The molecule has 0 saturated heterocycles. The van der Waals surface area contributed by atoms with Gasteiger partial charge in [-0.05, 0) is 31.0 Å². The SMILES string of the molecule is CN1CCc2c(sc(SN)c2C#N)C1. The number of nitrogens with two attached hydrogens (primary N) is 1. The van der Waals surface area contributed by atoms with Crippen LogP contribution in [0.15, 0.2) is 4.21 Å². The lowest BCUT2D eigenvalue weighted by Gasteiger charge is -2.21. The maximum absolute atomic E-state index is 9.03. The fourth-order valence-corrected chi connectivity index (χ4v) is 3.59. The second kappa shape index (κ2) is 3.91. The van der Waals surface area contributed by atoms with E-state index < -0.39 is 0 Å². The van der Waals surface area contributed by atoms with E-state index in [1.165, 1.54) is 22.4 Å². The molecule has 5 heteroatoms. The van der Waals surface area contributed by atoms with Crippen molar-refractivity contribution in [1.29, 1.82) is 5.26 Å². The normalized spacial score (nSPS) is 16.4. The van der Waals surface area contributed by atoms with E-state index in [9.17, 15) is 0 Å². The summed E-state index contributed by atoms with van der Waals surface area (Å²) in [5.74, 6) is 0. The van der Waals surface area contributed by atoms with Gasteiger partial charge in [-0.25, -0.2) is 0 Å². The van der Waals surface area contributed by atoms with Gasteiger partial charge >= 0.3 is 0 Å². The molecule has 0 aliphatic carbocycles. The molecule has 3 nitrogen and oxygen atoms in total. The fraction of sp³-hybridized carbons (Fsp3) is 0.444. The Hall–Kier alpha value is -0.540. The molecule has 2 N–H and O–H groups in total. The molecule has 0 bridgehead atoms. The Balaban J connectivity index is 2.47. The first-order valence-corrected chi connectivity index (χ1v) is 6.05. The second-order valence-corrected chi connectivity index (χ2v) is 5.39. The maximum Gasteiger partial charge on any atom is 0.102 e. The third-order valence-corrected chi connectivity index (χ3v) is 4.40. The molecule has 1 aliphatic heterocycles. The average molecular weight is 225 g/mol. The number of nitrogens with zero attached hydrogens (tertiary/aromatic N) is 2. The van der Waals surface area contributed by atoms with Crippen LogP contribution in [0.1, 0.15) is 16.0 Å².